The van der Waals surface area contributed by atoms with E-state index in [-0.39, 0.29) is 42.6 Å². The molecule has 14 heteroatoms. The molecule has 2 aromatic rings. The summed E-state index contributed by atoms with van der Waals surface area (Å²) in [7, 11) is 0. The molecule has 1 amide bonds. The predicted octanol–water partition coefficient (Wildman–Crippen LogP) is 1.48. The van der Waals surface area contributed by atoms with Crippen molar-refractivity contribution in [3.63, 3.8) is 0 Å². The van der Waals surface area contributed by atoms with Crippen molar-refractivity contribution >= 4 is 27.8 Å². The molecule has 1 N–H and O–H groups in total. The van der Waals surface area contributed by atoms with E-state index in [0.29, 0.717) is 31.9 Å². The van der Waals surface area contributed by atoms with Crippen LogP contribution in [0.5, 0.6) is 5.75 Å². The van der Waals surface area contributed by atoms with E-state index in [1.54, 1.807) is 9.80 Å². The lowest BCUT2D eigenvalue weighted by Gasteiger charge is -2.34. The third-order valence-electron chi connectivity index (χ3n) is 4.59. The van der Waals surface area contributed by atoms with E-state index in [0.717, 1.165) is 12.4 Å². The molecule has 0 unspecified atom stereocenters. The second kappa shape index (κ2) is 10.7. The maximum absolute atomic E-state index is 12.6. The van der Waals surface area contributed by atoms with E-state index in [2.05, 4.69) is 36.1 Å². The number of alkyl halides is 3. The number of nitrogens with zero attached hydrogens (tertiary/aromatic N) is 5. The van der Waals surface area contributed by atoms with Crippen molar-refractivity contribution in [2.75, 3.05) is 50.9 Å². The van der Waals surface area contributed by atoms with Gasteiger partial charge in [0.15, 0.2) is 5.75 Å². The van der Waals surface area contributed by atoms with Crippen LogP contribution in [0.1, 0.15) is 12.0 Å². The smallest absolute Gasteiger partial charge is 0.419 e. The lowest BCUT2D eigenvalue weighted by molar-refractivity contribution is -0.138. The van der Waals surface area contributed by atoms with Crippen LogP contribution in [-0.2, 0) is 15.7 Å². The molecule has 174 valence electrons. The van der Waals surface area contributed by atoms with Crippen LogP contribution in [0.2, 0.25) is 0 Å². The molecule has 0 atom stereocenters. The van der Waals surface area contributed by atoms with Crippen molar-refractivity contribution in [1.29, 1.82) is 0 Å². The number of nitrogens with one attached hydrogen (secondary N) is 1. The zero-order valence-electron chi connectivity index (χ0n) is 16.8. The first kappa shape index (κ1) is 23.9. The lowest BCUT2D eigenvalue weighted by atomic mass is 10.3. The molecule has 0 spiro atoms. The Labute approximate surface area is 188 Å². The normalized spacial score (nSPS) is 14.5. The molecule has 1 saturated heterocycles. The molecule has 32 heavy (non-hydrogen) atoms. The van der Waals surface area contributed by atoms with Crippen molar-refractivity contribution in [3.8, 4) is 5.75 Å². The summed E-state index contributed by atoms with van der Waals surface area (Å²) in [5.41, 5.74) is -1.30. The van der Waals surface area contributed by atoms with Crippen LogP contribution in [-0.4, -0.2) is 77.0 Å². The van der Waals surface area contributed by atoms with Crippen LogP contribution in [0.3, 0.4) is 0 Å². The summed E-state index contributed by atoms with van der Waals surface area (Å²) in [6.45, 7) is 2.29. The minimum absolute atomic E-state index is 0.0829. The Morgan fingerprint density at radius 2 is 1.78 bits per heavy atom. The minimum Gasteiger partial charge on any atom is -0.488 e. The predicted molar refractivity (Wildman–Crippen MR) is 109 cm³/mol. The number of carbonyl (C=O) groups excluding carboxylic acids is 1. The zero-order chi connectivity index (χ0) is 23.1. The Morgan fingerprint density at radius 1 is 1.09 bits per heavy atom. The van der Waals surface area contributed by atoms with Crippen molar-refractivity contribution in [2.45, 2.75) is 12.6 Å². The number of ether oxygens (including phenoxy) is 2. The van der Waals surface area contributed by atoms with Gasteiger partial charge in [-0.1, -0.05) is 0 Å². The minimum atomic E-state index is -4.48. The molecule has 1 aliphatic rings. The molecule has 2 aromatic heterocycles. The van der Waals surface area contributed by atoms with Gasteiger partial charge in [0.05, 0.1) is 31.4 Å². The second-order valence-corrected chi connectivity index (χ2v) is 7.52. The highest BCUT2D eigenvalue weighted by atomic mass is 79.9. The first-order valence-corrected chi connectivity index (χ1v) is 10.4. The maximum Gasteiger partial charge on any atom is 0.419 e. The van der Waals surface area contributed by atoms with E-state index in [4.69, 9.17) is 9.47 Å². The van der Waals surface area contributed by atoms with Crippen molar-refractivity contribution in [3.05, 3.63) is 39.0 Å². The fourth-order valence-corrected chi connectivity index (χ4v) is 3.19. The van der Waals surface area contributed by atoms with Gasteiger partial charge in [-0.3, -0.25) is 9.59 Å². The van der Waals surface area contributed by atoms with Crippen molar-refractivity contribution in [1.82, 2.24) is 25.1 Å². The molecule has 3 heterocycles. The van der Waals surface area contributed by atoms with Gasteiger partial charge in [-0.25, -0.2) is 15.1 Å². The van der Waals surface area contributed by atoms with Gasteiger partial charge in [-0.05, 0) is 15.9 Å². The van der Waals surface area contributed by atoms with E-state index in [1.165, 1.54) is 6.20 Å². The van der Waals surface area contributed by atoms with Gasteiger partial charge in [0.2, 0.25) is 11.9 Å². The summed E-state index contributed by atoms with van der Waals surface area (Å²) in [6, 6.07) is 0. The first-order valence-electron chi connectivity index (χ1n) is 9.61. The molecule has 1 fully saturated rings. The Morgan fingerprint density at radius 3 is 2.44 bits per heavy atom. The van der Waals surface area contributed by atoms with Gasteiger partial charge in [-0.15, -0.1) is 0 Å². The van der Waals surface area contributed by atoms with Gasteiger partial charge >= 0.3 is 6.18 Å². The number of aromatic nitrogens is 4. The summed E-state index contributed by atoms with van der Waals surface area (Å²) in [4.78, 5) is 34.7. The maximum atomic E-state index is 12.6. The number of piperazine rings is 1. The molecule has 0 aliphatic carbocycles. The van der Waals surface area contributed by atoms with E-state index in [1.807, 2.05) is 0 Å². The van der Waals surface area contributed by atoms with E-state index < -0.39 is 17.3 Å². The molecular formula is C18H20BrF3N6O4. The SMILES string of the molecule is O=C(CCOCCOc1cn[nH]c(=O)c1Br)N1CCN(c2ncc(C(F)(F)F)cn2)CC1. The van der Waals surface area contributed by atoms with Gasteiger partial charge in [0.1, 0.15) is 11.1 Å². The highest BCUT2D eigenvalue weighted by Gasteiger charge is 2.32. The fraction of sp³-hybridized carbons (Fsp3) is 0.500. The van der Waals surface area contributed by atoms with Gasteiger partial charge in [0.25, 0.3) is 5.56 Å². The Bertz CT molecular complexity index is 964. The van der Waals surface area contributed by atoms with Gasteiger partial charge in [0, 0.05) is 38.6 Å². The third kappa shape index (κ3) is 6.38. The number of carbonyl (C=O) groups is 1. The molecule has 0 bridgehead atoms. The van der Waals surface area contributed by atoms with Crippen LogP contribution in [0.15, 0.2) is 27.9 Å². The van der Waals surface area contributed by atoms with Crippen LogP contribution in [0.4, 0.5) is 19.1 Å². The Balaban J connectivity index is 1.33. The summed E-state index contributed by atoms with van der Waals surface area (Å²) in [6.07, 6.45) is -1.41. The monoisotopic (exact) mass is 520 g/mol. The van der Waals surface area contributed by atoms with Crippen LogP contribution in [0, 0.1) is 0 Å². The molecule has 10 nitrogen and oxygen atoms in total. The number of hydrogen-bond acceptors (Lipinski definition) is 8. The number of H-pyrrole nitrogens is 1. The fourth-order valence-electron chi connectivity index (χ4n) is 2.88. The molecule has 0 aromatic carbocycles. The summed E-state index contributed by atoms with van der Waals surface area (Å²) >= 11 is 3.10. The van der Waals surface area contributed by atoms with Crippen molar-refractivity contribution < 1.29 is 27.4 Å². The number of anilines is 1. The number of hydrogen-bond donors (Lipinski definition) is 1. The number of aromatic amines is 1. The highest BCUT2D eigenvalue weighted by molar-refractivity contribution is 9.10. The topological polar surface area (TPSA) is 114 Å². The summed E-state index contributed by atoms with van der Waals surface area (Å²) in [5.74, 6) is 0.416. The second-order valence-electron chi connectivity index (χ2n) is 6.73. The standard InChI is InChI=1S/C18H20BrF3N6O4/c19-15-13(11-25-26-16(15)30)32-8-7-31-6-1-14(29)27-2-4-28(5-3-27)17-23-9-12(10-24-17)18(20,21)22/h9-11H,1-8H2,(H,26,30). The number of amides is 1. The Kier molecular flexibility index (Phi) is 8.01. The molecule has 1 aliphatic heterocycles. The molecule has 0 saturated carbocycles. The molecule has 3 rings (SSSR count). The average molecular weight is 521 g/mol. The van der Waals surface area contributed by atoms with Crippen LogP contribution in [0.25, 0.3) is 0 Å². The largest absolute Gasteiger partial charge is 0.488 e. The van der Waals surface area contributed by atoms with E-state index in [9.17, 15) is 22.8 Å². The quantitative estimate of drug-likeness (QED) is 0.520. The van der Waals surface area contributed by atoms with Gasteiger partial charge < -0.3 is 19.3 Å². The number of rotatable bonds is 8. The number of halogens is 4. The van der Waals surface area contributed by atoms with Crippen molar-refractivity contribution in [2.24, 2.45) is 0 Å². The Hall–Kier alpha value is -2.74. The summed E-state index contributed by atoms with van der Waals surface area (Å²) < 4.78 is 48.9. The first-order chi connectivity index (χ1) is 15.3. The zero-order valence-corrected chi connectivity index (χ0v) is 18.4. The summed E-state index contributed by atoms with van der Waals surface area (Å²) in [5, 5.41) is 5.89. The highest BCUT2D eigenvalue weighted by Crippen LogP contribution is 2.28. The third-order valence-corrected chi connectivity index (χ3v) is 5.34. The average Bonchev–Trinajstić information content (AvgIpc) is 2.78. The van der Waals surface area contributed by atoms with E-state index >= 15 is 0 Å². The van der Waals surface area contributed by atoms with Crippen LogP contribution >= 0.6 is 15.9 Å². The van der Waals surface area contributed by atoms with Crippen LogP contribution < -0.4 is 15.2 Å². The molecule has 0 radical (unpaired) electrons. The lowest BCUT2D eigenvalue weighted by Crippen LogP contribution is -2.49. The molecular weight excluding hydrogens is 501 g/mol. The van der Waals surface area contributed by atoms with Gasteiger partial charge in [-0.2, -0.15) is 18.3 Å².